The van der Waals surface area contributed by atoms with Crippen molar-refractivity contribution in [1.29, 1.82) is 0 Å². The number of benzene rings is 2. The van der Waals surface area contributed by atoms with Crippen LogP contribution >= 0.6 is 0 Å². The highest BCUT2D eigenvalue weighted by atomic mass is 16.5. The van der Waals surface area contributed by atoms with Crippen molar-refractivity contribution in [2.45, 2.75) is 18.9 Å². The molecule has 2 bridgehead atoms. The summed E-state index contributed by atoms with van der Waals surface area (Å²) in [4.78, 5) is 14.7. The highest BCUT2D eigenvalue weighted by molar-refractivity contribution is 5.83. The highest BCUT2D eigenvalue weighted by Gasteiger charge is 2.34. The maximum absolute atomic E-state index is 12.2. The molecule has 1 saturated heterocycles. The number of phenolic OH excluding ortho intramolecular Hbond substituents is 1. The van der Waals surface area contributed by atoms with Gasteiger partial charge in [-0.05, 0) is 48.2 Å². The Hall–Kier alpha value is -4.04. The number of hydrogen-bond donors (Lipinski definition) is 2. The van der Waals surface area contributed by atoms with E-state index in [0.717, 1.165) is 60.9 Å². The van der Waals surface area contributed by atoms with Crippen LogP contribution < -0.4 is 15.0 Å². The van der Waals surface area contributed by atoms with Crippen molar-refractivity contribution in [2.24, 2.45) is 5.92 Å². The number of piperidine rings is 1. The second kappa shape index (κ2) is 9.78. The molecule has 0 radical (unpaired) electrons. The van der Waals surface area contributed by atoms with Gasteiger partial charge in [0.25, 0.3) is 5.56 Å². The van der Waals surface area contributed by atoms with E-state index in [2.05, 4.69) is 21.2 Å². The zero-order chi connectivity index (χ0) is 25.4. The molecule has 2 aliphatic rings. The first-order chi connectivity index (χ1) is 18.1. The largest absolute Gasteiger partial charge is 0.507 e. The molecule has 2 aromatic carbocycles. The number of phenols is 1. The van der Waals surface area contributed by atoms with Crippen molar-refractivity contribution in [3.63, 3.8) is 0 Å². The van der Waals surface area contributed by atoms with Gasteiger partial charge in [0.1, 0.15) is 23.9 Å². The van der Waals surface area contributed by atoms with E-state index in [4.69, 9.17) is 9.47 Å². The molecule has 2 N–H and O–H groups in total. The maximum atomic E-state index is 12.2. The molecular weight excluding hydrogens is 468 g/mol. The van der Waals surface area contributed by atoms with Crippen LogP contribution in [-0.4, -0.2) is 58.1 Å². The number of aromatic nitrogens is 3. The summed E-state index contributed by atoms with van der Waals surface area (Å²) in [6.45, 7) is 4.03. The molecule has 0 amide bonds. The minimum absolute atomic E-state index is 0.110. The second-order valence-electron chi connectivity index (χ2n) is 9.87. The van der Waals surface area contributed by atoms with E-state index in [9.17, 15) is 9.90 Å². The zero-order valence-corrected chi connectivity index (χ0v) is 20.8. The summed E-state index contributed by atoms with van der Waals surface area (Å²) in [7, 11) is 1.64. The molecule has 2 aromatic heterocycles. The molecule has 2 aliphatic heterocycles. The summed E-state index contributed by atoms with van der Waals surface area (Å²) < 4.78 is 13.2. The summed E-state index contributed by atoms with van der Waals surface area (Å²) in [5.74, 6) is 2.42. The number of ether oxygens (including phenoxy) is 2. The van der Waals surface area contributed by atoms with E-state index in [-0.39, 0.29) is 11.3 Å². The zero-order valence-electron chi connectivity index (χ0n) is 20.8. The molecule has 190 valence electrons. The number of methoxy groups -OCH3 is 1. The van der Waals surface area contributed by atoms with Crippen LogP contribution in [0.2, 0.25) is 0 Å². The third-order valence-corrected chi connectivity index (χ3v) is 7.51. The number of likely N-dealkylation sites (tertiary alicyclic amines) is 1. The van der Waals surface area contributed by atoms with Gasteiger partial charge in [-0.15, -0.1) is 0 Å². The van der Waals surface area contributed by atoms with Gasteiger partial charge in [-0.2, -0.15) is 5.10 Å². The van der Waals surface area contributed by atoms with Crippen LogP contribution in [0.5, 0.6) is 17.2 Å². The van der Waals surface area contributed by atoms with Gasteiger partial charge in [0.2, 0.25) is 0 Å². The van der Waals surface area contributed by atoms with Crippen molar-refractivity contribution >= 4 is 0 Å². The molecule has 4 heterocycles. The standard InChI is InChI=1S/C29H30N4O4/c1-36-22-7-5-20(6-8-22)25-15-30-31-29(25)24-10-9-23(14-27(24)34)37-12-11-32-16-19-13-21(18-32)26-3-2-4-28(35)33(26)17-19/h2-10,14-15,19,21,34H,11-13,16-18H2,1H3,(H,30,31)/t19-,21+/m1/s1. The third-order valence-electron chi connectivity index (χ3n) is 7.51. The first-order valence-corrected chi connectivity index (χ1v) is 12.6. The quantitative estimate of drug-likeness (QED) is 0.398. The Bertz CT molecular complexity index is 1460. The number of H-pyrrole nitrogens is 1. The summed E-state index contributed by atoms with van der Waals surface area (Å²) in [5.41, 5.74) is 4.54. The van der Waals surface area contributed by atoms with E-state index in [0.29, 0.717) is 29.8 Å². The van der Waals surface area contributed by atoms with Gasteiger partial charge in [0.05, 0.1) is 19.0 Å². The molecular formula is C29H30N4O4. The number of rotatable bonds is 7. The lowest BCUT2D eigenvalue weighted by atomic mass is 9.83. The Morgan fingerprint density at radius 2 is 1.86 bits per heavy atom. The van der Waals surface area contributed by atoms with Gasteiger partial charge in [-0.25, -0.2) is 0 Å². The predicted octanol–water partition coefficient (Wildman–Crippen LogP) is 4.12. The van der Waals surface area contributed by atoms with Crippen molar-refractivity contribution in [3.05, 3.63) is 82.9 Å². The van der Waals surface area contributed by atoms with Crippen molar-refractivity contribution in [1.82, 2.24) is 19.7 Å². The lowest BCUT2D eigenvalue weighted by Gasteiger charge is -2.42. The Morgan fingerprint density at radius 3 is 2.68 bits per heavy atom. The molecule has 6 rings (SSSR count). The van der Waals surface area contributed by atoms with E-state index in [1.165, 1.54) is 0 Å². The lowest BCUT2D eigenvalue weighted by Crippen LogP contribution is -2.48. The number of aromatic amines is 1. The first kappa shape index (κ1) is 23.4. The monoisotopic (exact) mass is 498 g/mol. The SMILES string of the molecule is COc1ccc(-c2cn[nH]c2-c2ccc(OCCN3C[C@H]4C[C@@H](C3)c3cccc(=O)n3C4)cc2O)cc1. The Labute approximate surface area is 215 Å². The number of fused-ring (bicyclic) bond motifs is 4. The highest BCUT2D eigenvalue weighted by Crippen LogP contribution is 2.38. The average molecular weight is 499 g/mol. The van der Waals surface area contributed by atoms with E-state index in [1.807, 2.05) is 47.0 Å². The second-order valence-corrected chi connectivity index (χ2v) is 9.87. The fourth-order valence-electron chi connectivity index (χ4n) is 5.76. The normalized spacial score (nSPS) is 18.8. The maximum Gasteiger partial charge on any atom is 0.250 e. The molecule has 2 atom stereocenters. The summed E-state index contributed by atoms with van der Waals surface area (Å²) >= 11 is 0. The molecule has 0 saturated carbocycles. The molecule has 0 spiro atoms. The third kappa shape index (κ3) is 4.60. The topological polar surface area (TPSA) is 92.6 Å². The molecule has 1 fully saturated rings. The van der Waals surface area contributed by atoms with Crippen LogP contribution in [0.1, 0.15) is 18.0 Å². The van der Waals surface area contributed by atoms with Crippen LogP contribution in [0.4, 0.5) is 0 Å². The minimum atomic E-state index is 0.110. The van der Waals surface area contributed by atoms with Crippen LogP contribution in [0.15, 0.2) is 71.7 Å². The molecule has 37 heavy (non-hydrogen) atoms. The van der Waals surface area contributed by atoms with Gasteiger partial charge in [-0.3, -0.25) is 14.8 Å². The summed E-state index contributed by atoms with van der Waals surface area (Å²) in [5, 5.41) is 18.0. The fraction of sp³-hybridized carbons (Fsp3) is 0.310. The summed E-state index contributed by atoms with van der Waals surface area (Å²) in [6, 6.07) is 18.7. The predicted molar refractivity (Wildman–Crippen MR) is 141 cm³/mol. The Kier molecular flexibility index (Phi) is 6.18. The van der Waals surface area contributed by atoms with Crippen LogP contribution in [-0.2, 0) is 6.54 Å². The average Bonchev–Trinajstić information content (AvgIpc) is 3.39. The van der Waals surface area contributed by atoms with Gasteiger partial charge < -0.3 is 19.1 Å². The van der Waals surface area contributed by atoms with E-state index >= 15 is 0 Å². The van der Waals surface area contributed by atoms with Gasteiger partial charge in [0, 0.05) is 61.1 Å². The number of nitrogens with zero attached hydrogens (tertiary/aromatic N) is 3. The van der Waals surface area contributed by atoms with E-state index < -0.39 is 0 Å². The first-order valence-electron chi connectivity index (χ1n) is 12.6. The number of hydrogen-bond acceptors (Lipinski definition) is 6. The van der Waals surface area contributed by atoms with Crippen LogP contribution in [0, 0.1) is 5.92 Å². The number of pyridine rings is 1. The number of nitrogens with one attached hydrogen (secondary N) is 1. The van der Waals surface area contributed by atoms with E-state index in [1.54, 1.807) is 25.4 Å². The van der Waals surface area contributed by atoms with Crippen molar-refractivity contribution < 1.29 is 14.6 Å². The van der Waals surface area contributed by atoms with Gasteiger partial charge in [-0.1, -0.05) is 18.2 Å². The Balaban J connectivity index is 1.10. The van der Waals surface area contributed by atoms with Crippen LogP contribution in [0.25, 0.3) is 22.4 Å². The summed E-state index contributed by atoms with van der Waals surface area (Å²) in [6.07, 6.45) is 2.89. The van der Waals surface area contributed by atoms with Crippen molar-refractivity contribution in [2.75, 3.05) is 33.4 Å². The fourth-order valence-corrected chi connectivity index (χ4v) is 5.76. The van der Waals surface area contributed by atoms with Gasteiger partial charge in [0.15, 0.2) is 0 Å². The molecule has 4 aromatic rings. The Morgan fingerprint density at radius 1 is 1.03 bits per heavy atom. The number of aromatic hydroxyl groups is 1. The molecule has 0 aliphatic carbocycles. The van der Waals surface area contributed by atoms with Crippen LogP contribution in [0.3, 0.4) is 0 Å². The van der Waals surface area contributed by atoms with Gasteiger partial charge >= 0.3 is 0 Å². The van der Waals surface area contributed by atoms with Crippen molar-refractivity contribution in [3.8, 4) is 39.6 Å². The molecule has 8 nitrogen and oxygen atoms in total. The molecule has 0 unspecified atom stereocenters. The minimum Gasteiger partial charge on any atom is -0.507 e. The molecule has 8 heteroatoms. The smallest absolute Gasteiger partial charge is 0.250 e. The lowest BCUT2D eigenvalue weighted by molar-refractivity contribution is 0.104.